The highest BCUT2D eigenvalue weighted by molar-refractivity contribution is 5.46. The minimum atomic E-state index is 0.832. The molecule has 0 fully saturated rings. The number of aryl methyl sites for hydroxylation is 1. The van der Waals surface area contributed by atoms with Crippen LogP contribution in [0.2, 0.25) is 0 Å². The summed E-state index contributed by atoms with van der Waals surface area (Å²) in [6.45, 7) is 4.25. The van der Waals surface area contributed by atoms with E-state index in [1.807, 2.05) is 6.07 Å². The van der Waals surface area contributed by atoms with Crippen LogP contribution in [0.3, 0.4) is 0 Å². The molecule has 0 amide bonds. The molecular weight excluding hydrogens is 146 g/mol. The summed E-state index contributed by atoms with van der Waals surface area (Å²) in [5.74, 6) is 2.53. The van der Waals surface area contributed by atoms with E-state index in [4.69, 9.17) is 0 Å². The summed E-state index contributed by atoms with van der Waals surface area (Å²) in [5.41, 5.74) is 1.37. The molecule has 0 N–H and O–H groups in total. The van der Waals surface area contributed by atoms with Crippen LogP contribution in [0.15, 0.2) is 41.9 Å². The second kappa shape index (κ2) is 5.34. The molecule has 62 valence electrons. The molecule has 0 aliphatic heterocycles. The molecule has 0 unspecified atom stereocenters. The van der Waals surface area contributed by atoms with E-state index >= 15 is 0 Å². The highest BCUT2D eigenvalue weighted by Gasteiger charge is 1.89. The third-order valence-corrected chi connectivity index (χ3v) is 1.69. The van der Waals surface area contributed by atoms with Gasteiger partial charge in [0.2, 0.25) is 0 Å². The van der Waals surface area contributed by atoms with Crippen LogP contribution in [0.25, 0.3) is 0 Å². The van der Waals surface area contributed by atoms with Crippen LogP contribution in [0.5, 0.6) is 0 Å². The number of hydrogen-bond acceptors (Lipinski definition) is 1. The van der Waals surface area contributed by atoms with Crippen LogP contribution in [0.4, 0.5) is 0 Å². The van der Waals surface area contributed by atoms with Gasteiger partial charge in [0.25, 0.3) is 0 Å². The Balaban J connectivity index is 2.29. The molecule has 12 heavy (non-hydrogen) atoms. The van der Waals surface area contributed by atoms with E-state index in [0.717, 1.165) is 19.4 Å². The Bertz CT molecular complexity index is 258. The lowest BCUT2D eigenvalue weighted by molar-refractivity contribution is 0.837. The van der Waals surface area contributed by atoms with Gasteiger partial charge in [0.1, 0.15) is 0 Å². The van der Waals surface area contributed by atoms with Crippen molar-refractivity contribution in [1.82, 2.24) is 0 Å². The predicted octanol–water partition coefficient (Wildman–Crippen LogP) is 2.47. The Hall–Kier alpha value is -1.33. The smallest absolute Gasteiger partial charge is 0.0486 e. The fourth-order valence-corrected chi connectivity index (χ4v) is 1.09. The van der Waals surface area contributed by atoms with Gasteiger partial charge >= 0.3 is 0 Å². The third-order valence-electron chi connectivity index (χ3n) is 1.69. The molecule has 1 aromatic rings. The van der Waals surface area contributed by atoms with E-state index < -0.39 is 0 Å². The number of benzene rings is 1. The van der Waals surface area contributed by atoms with Crippen molar-refractivity contribution in [3.63, 3.8) is 0 Å². The molecular formula is C11H13N. The Morgan fingerprint density at radius 1 is 1.25 bits per heavy atom. The number of aliphatic imine (C=N–C) groups is 1. The fourth-order valence-electron chi connectivity index (χ4n) is 1.09. The summed E-state index contributed by atoms with van der Waals surface area (Å²) in [4.78, 5) is 3.93. The molecule has 0 atom stereocenters. The summed E-state index contributed by atoms with van der Waals surface area (Å²) in [6, 6.07) is 10.4. The van der Waals surface area contributed by atoms with Crippen molar-refractivity contribution in [3.05, 3.63) is 42.5 Å². The quantitative estimate of drug-likeness (QED) is 0.472. The maximum atomic E-state index is 3.93. The molecule has 0 radical (unpaired) electrons. The molecule has 0 aromatic heterocycles. The summed E-state index contributed by atoms with van der Waals surface area (Å²) < 4.78 is 0. The summed E-state index contributed by atoms with van der Waals surface area (Å²) in [5, 5.41) is 0. The van der Waals surface area contributed by atoms with Crippen LogP contribution >= 0.6 is 0 Å². The standard InChI is InChI=1S/C11H13N/c1-2-12-10-6-9-11-7-4-3-5-8-11/h3-5,7-8H,1,6,9-10H2. The number of nitrogens with zero attached hydrogens (tertiary/aromatic N) is 1. The zero-order valence-electron chi connectivity index (χ0n) is 7.16. The summed E-state index contributed by atoms with van der Waals surface area (Å²) in [7, 11) is 0. The third kappa shape index (κ3) is 3.18. The Kier molecular flexibility index (Phi) is 3.90. The largest absolute Gasteiger partial charge is 0.244 e. The van der Waals surface area contributed by atoms with Gasteiger partial charge in [-0.05, 0) is 30.9 Å². The lowest BCUT2D eigenvalue weighted by atomic mass is 10.1. The van der Waals surface area contributed by atoms with E-state index in [1.54, 1.807) is 0 Å². The van der Waals surface area contributed by atoms with Crippen molar-refractivity contribution in [2.45, 2.75) is 12.8 Å². The first-order valence-corrected chi connectivity index (χ1v) is 4.16. The first-order valence-electron chi connectivity index (χ1n) is 4.16. The Morgan fingerprint density at radius 3 is 2.67 bits per heavy atom. The van der Waals surface area contributed by atoms with Crippen LogP contribution in [-0.2, 0) is 6.42 Å². The molecule has 0 aliphatic carbocycles. The van der Waals surface area contributed by atoms with Crippen LogP contribution < -0.4 is 0 Å². The Morgan fingerprint density at radius 2 is 2.00 bits per heavy atom. The van der Waals surface area contributed by atoms with Crippen molar-refractivity contribution < 1.29 is 0 Å². The molecule has 0 aliphatic rings. The van der Waals surface area contributed by atoms with Gasteiger partial charge in [-0.25, -0.2) is 4.99 Å². The fraction of sp³-hybridized carbons (Fsp3) is 0.273. The van der Waals surface area contributed by atoms with Crippen LogP contribution in [0.1, 0.15) is 12.0 Å². The highest BCUT2D eigenvalue weighted by Crippen LogP contribution is 2.01. The van der Waals surface area contributed by atoms with Gasteiger partial charge in [0.05, 0.1) is 0 Å². The highest BCUT2D eigenvalue weighted by atomic mass is 14.7. The topological polar surface area (TPSA) is 12.4 Å². The molecule has 1 nitrogen and oxygen atoms in total. The second-order valence-corrected chi connectivity index (χ2v) is 2.63. The first kappa shape index (κ1) is 8.76. The molecule has 0 saturated heterocycles. The summed E-state index contributed by atoms with van der Waals surface area (Å²) in [6.07, 6.45) is 2.17. The van der Waals surface area contributed by atoms with Crippen molar-refractivity contribution in [1.29, 1.82) is 0 Å². The number of rotatable bonds is 4. The maximum absolute atomic E-state index is 3.93. The van der Waals surface area contributed by atoms with Gasteiger partial charge in [-0.1, -0.05) is 30.3 Å². The number of hydrogen-bond donors (Lipinski definition) is 0. The zero-order valence-corrected chi connectivity index (χ0v) is 7.16. The van der Waals surface area contributed by atoms with Gasteiger partial charge in [-0.3, -0.25) is 0 Å². The SMILES string of the molecule is C=C=NCCCc1ccccc1. The normalized spacial score (nSPS) is 9.00. The molecule has 1 rings (SSSR count). The first-order chi connectivity index (χ1) is 5.93. The monoisotopic (exact) mass is 159 g/mol. The predicted molar refractivity (Wildman–Crippen MR) is 52.7 cm³/mol. The second-order valence-electron chi connectivity index (χ2n) is 2.63. The molecule has 0 saturated carbocycles. The molecule has 1 heteroatoms. The maximum Gasteiger partial charge on any atom is 0.0486 e. The van der Waals surface area contributed by atoms with E-state index in [1.165, 1.54) is 5.56 Å². The van der Waals surface area contributed by atoms with E-state index in [-0.39, 0.29) is 0 Å². The van der Waals surface area contributed by atoms with Crippen molar-refractivity contribution in [2.75, 3.05) is 6.54 Å². The average Bonchev–Trinajstić information content (AvgIpc) is 2.14. The van der Waals surface area contributed by atoms with Crippen molar-refractivity contribution in [3.8, 4) is 0 Å². The molecule has 0 bridgehead atoms. The van der Waals surface area contributed by atoms with Crippen molar-refractivity contribution >= 4 is 5.87 Å². The van der Waals surface area contributed by atoms with E-state index in [2.05, 4.69) is 41.7 Å². The van der Waals surface area contributed by atoms with Gasteiger partial charge in [-0.15, -0.1) is 0 Å². The van der Waals surface area contributed by atoms with E-state index in [9.17, 15) is 0 Å². The molecule has 0 heterocycles. The molecule has 1 aromatic carbocycles. The lowest BCUT2D eigenvalue weighted by Crippen LogP contribution is -1.87. The molecule has 0 spiro atoms. The minimum absolute atomic E-state index is 0.832. The minimum Gasteiger partial charge on any atom is -0.244 e. The van der Waals surface area contributed by atoms with E-state index in [0.29, 0.717) is 0 Å². The lowest BCUT2D eigenvalue weighted by Gasteiger charge is -1.96. The Labute approximate surface area is 73.5 Å². The van der Waals surface area contributed by atoms with Crippen molar-refractivity contribution in [2.24, 2.45) is 4.99 Å². The van der Waals surface area contributed by atoms with Crippen LogP contribution in [-0.4, -0.2) is 12.4 Å². The van der Waals surface area contributed by atoms with Crippen LogP contribution in [0, 0.1) is 0 Å². The van der Waals surface area contributed by atoms with Gasteiger partial charge in [-0.2, -0.15) is 0 Å². The summed E-state index contributed by atoms with van der Waals surface area (Å²) >= 11 is 0. The van der Waals surface area contributed by atoms with Gasteiger partial charge in [0, 0.05) is 6.54 Å². The zero-order chi connectivity index (χ0) is 8.65. The van der Waals surface area contributed by atoms with Gasteiger partial charge in [0.15, 0.2) is 0 Å². The average molecular weight is 159 g/mol. The van der Waals surface area contributed by atoms with Gasteiger partial charge < -0.3 is 0 Å².